The fraction of sp³-hybridized carbons (Fsp3) is 0.529. The largest absolute Gasteiger partial charge is 0.393 e. The van der Waals surface area contributed by atoms with Crippen LogP contribution in [0.15, 0.2) is 24.3 Å². The van der Waals surface area contributed by atoms with Crippen LogP contribution in [0.5, 0.6) is 0 Å². The highest BCUT2D eigenvalue weighted by atomic mass is 32.1. The van der Waals surface area contributed by atoms with Gasteiger partial charge in [-0.05, 0) is 24.5 Å². The molecule has 0 spiro atoms. The number of benzene rings is 1. The summed E-state index contributed by atoms with van der Waals surface area (Å²) < 4.78 is 13.7. The van der Waals surface area contributed by atoms with Crippen LogP contribution in [0.3, 0.4) is 0 Å². The van der Waals surface area contributed by atoms with Crippen LogP contribution in [0.25, 0.3) is 0 Å². The van der Waals surface area contributed by atoms with Gasteiger partial charge in [-0.25, -0.2) is 4.39 Å². The van der Waals surface area contributed by atoms with Gasteiger partial charge in [0, 0.05) is 25.9 Å². The normalized spacial score (nSPS) is 21.3. The van der Waals surface area contributed by atoms with Gasteiger partial charge >= 0.3 is 0 Å². The molecule has 3 rings (SSSR count). The van der Waals surface area contributed by atoms with Gasteiger partial charge in [0.25, 0.3) is 0 Å². The lowest BCUT2D eigenvalue weighted by molar-refractivity contribution is 0.0736. The lowest BCUT2D eigenvalue weighted by atomic mass is 9.86. The molecule has 0 amide bonds. The average Bonchev–Trinajstić information content (AvgIpc) is 3.01. The van der Waals surface area contributed by atoms with Crippen molar-refractivity contribution >= 4 is 16.5 Å². The third kappa shape index (κ3) is 4.06. The quantitative estimate of drug-likeness (QED) is 0.911. The number of halogens is 1. The van der Waals surface area contributed by atoms with E-state index in [2.05, 4.69) is 15.1 Å². The summed E-state index contributed by atoms with van der Waals surface area (Å²) in [7, 11) is 1.98. The van der Waals surface area contributed by atoms with Crippen LogP contribution < -0.4 is 4.90 Å². The molecule has 0 saturated heterocycles. The number of aliphatic hydroxyl groups is 1. The van der Waals surface area contributed by atoms with Crippen molar-refractivity contribution in [2.75, 3.05) is 18.5 Å². The summed E-state index contributed by atoms with van der Waals surface area (Å²) in [5.41, 5.74) is 0.639. The van der Waals surface area contributed by atoms with Crippen LogP contribution >= 0.6 is 11.3 Å². The van der Waals surface area contributed by atoms with Crippen LogP contribution in [0.2, 0.25) is 0 Å². The fourth-order valence-electron chi connectivity index (χ4n) is 3.11. The highest BCUT2D eigenvalue weighted by molar-refractivity contribution is 7.15. The minimum atomic E-state index is -0.211. The molecule has 1 fully saturated rings. The Labute approximate surface area is 140 Å². The summed E-state index contributed by atoms with van der Waals surface area (Å²) in [6, 6.07) is 6.76. The predicted molar refractivity (Wildman–Crippen MR) is 90.3 cm³/mol. The summed E-state index contributed by atoms with van der Waals surface area (Å²) in [6.45, 7) is 0.787. The average molecular weight is 335 g/mol. The number of rotatable bonds is 5. The standard InChI is InChI=1S/C17H22FN3OS/c1-21(11-13-7-3-5-9-15(13)22)17-20-19-16(23-17)10-12-6-2-4-8-14(12)18/h2,4,6,8,13,15,22H,3,5,7,9-11H2,1H3. The van der Waals surface area contributed by atoms with E-state index in [0.717, 1.165) is 35.9 Å². The minimum Gasteiger partial charge on any atom is -0.393 e. The Kier molecular flexibility index (Phi) is 5.23. The predicted octanol–water partition coefficient (Wildman–Crippen LogP) is 3.26. The number of nitrogens with zero attached hydrogens (tertiary/aromatic N) is 3. The van der Waals surface area contributed by atoms with E-state index in [-0.39, 0.29) is 11.9 Å². The molecule has 0 bridgehead atoms. The smallest absolute Gasteiger partial charge is 0.208 e. The van der Waals surface area contributed by atoms with Crippen LogP contribution in [-0.2, 0) is 6.42 Å². The first-order valence-corrected chi connectivity index (χ1v) is 8.90. The molecule has 2 atom stereocenters. The van der Waals surface area contributed by atoms with Gasteiger partial charge in [0.05, 0.1) is 6.10 Å². The van der Waals surface area contributed by atoms with Gasteiger partial charge in [-0.3, -0.25) is 0 Å². The zero-order chi connectivity index (χ0) is 16.2. The first kappa shape index (κ1) is 16.3. The van der Waals surface area contributed by atoms with E-state index >= 15 is 0 Å². The van der Waals surface area contributed by atoms with Gasteiger partial charge in [-0.15, -0.1) is 10.2 Å². The summed E-state index contributed by atoms with van der Waals surface area (Å²) in [6.07, 6.45) is 4.51. The van der Waals surface area contributed by atoms with E-state index in [4.69, 9.17) is 0 Å². The fourth-order valence-corrected chi connectivity index (χ4v) is 3.94. The first-order chi connectivity index (χ1) is 11.1. The highest BCUT2D eigenvalue weighted by Gasteiger charge is 2.25. The molecule has 2 aromatic rings. The van der Waals surface area contributed by atoms with Crippen LogP contribution in [0.4, 0.5) is 9.52 Å². The zero-order valence-electron chi connectivity index (χ0n) is 13.3. The Balaban J connectivity index is 1.63. The summed E-state index contributed by atoms with van der Waals surface area (Å²) >= 11 is 1.49. The summed E-state index contributed by atoms with van der Waals surface area (Å²) in [5, 5.41) is 20.1. The van der Waals surface area contributed by atoms with Crippen molar-refractivity contribution in [2.45, 2.75) is 38.2 Å². The molecule has 6 heteroatoms. The topological polar surface area (TPSA) is 49.2 Å². The second-order valence-electron chi connectivity index (χ2n) is 6.24. The number of aromatic nitrogens is 2. The van der Waals surface area contributed by atoms with E-state index < -0.39 is 0 Å². The number of hydrogen-bond acceptors (Lipinski definition) is 5. The lowest BCUT2D eigenvalue weighted by Gasteiger charge is -2.30. The van der Waals surface area contributed by atoms with Gasteiger partial charge in [-0.2, -0.15) is 0 Å². The Morgan fingerprint density at radius 3 is 2.83 bits per heavy atom. The molecule has 0 radical (unpaired) electrons. The second kappa shape index (κ2) is 7.36. The highest BCUT2D eigenvalue weighted by Crippen LogP contribution is 2.28. The van der Waals surface area contributed by atoms with Crippen molar-refractivity contribution in [3.05, 3.63) is 40.7 Å². The lowest BCUT2D eigenvalue weighted by Crippen LogP contribution is -2.35. The Hall–Kier alpha value is -1.53. The molecule has 124 valence electrons. The molecule has 4 nitrogen and oxygen atoms in total. The molecule has 0 aliphatic heterocycles. The molecule has 1 aromatic heterocycles. The van der Waals surface area contributed by atoms with Crippen LogP contribution in [0, 0.1) is 11.7 Å². The van der Waals surface area contributed by atoms with Crippen LogP contribution in [-0.4, -0.2) is 35.0 Å². The second-order valence-corrected chi connectivity index (χ2v) is 7.28. The van der Waals surface area contributed by atoms with E-state index in [1.807, 2.05) is 13.1 Å². The maximum atomic E-state index is 13.7. The van der Waals surface area contributed by atoms with E-state index in [1.165, 1.54) is 23.8 Å². The van der Waals surface area contributed by atoms with Gasteiger partial charge in [0.15, 0.2) is 0 Å². The first-order valence-electron chi connectivity index (χ1n) is 8.08. The molecular weight excluding hydrogens is 313 g/mol. The molecule has 1 saturated carbocycles. The van der Waals surface area contributed by atoms with Gasteiger partial charge < -0.3 is 10.0 Å². The maximum Gasteiger partial charge on any atom is 0.208 e. The number of anilines is 1. The van der Waals surface area contributed by atoms with Crippen molar-refractivity contribution < 1.29 is 9.50 Å². The Bertz CT molecular complexity index is 648. The zero-order valence-corrected chi connectivity index (χ0v) is 14.1. The number of hydrogen-bond donors (Lipinski definition) is 1. The third-order valence-electron chi connectivity index (χ3n) is 4.46. The molecule has 1 aromatic carbocycles. The van der Waals surface area contributed by atoms with Gasteiger partial charge in [0.1, 0.15) is 10.8 Å². The molecule has 1 N–H and O–H groups in total. The van der Waals surface area contributed by atoms with Crippen molar-refractivity contribution in [3.63, 3.8) is 0 Å². The molecular formula is C17H22FN3OS. The van der Waals surface area contributed by atoms with Crippen LogP contribution in [0.1, 0.15) is 36.3 Å². The SMILES string of the molecule is CN(CC1CCCCC1O)c1nnc(Cc2ccccc2F)s1. The Morgan fingerprint density at radius 2 is 2.04 bits per heavy atom. The van der Waals surface area contributed by atoms with Crippen molar-refractivity contribution in [3.8, 4) is 0 Å². The van der Waals surface area contributed by atoms with E-state index in [1.54, 1.807) is 12.1 Å². The molecule has 2 unspecified atom stereocenters. The van der Waals surface area contributed by atoms with Crippen molar-refractivity contribution in [1.82, 2.24) is 10.2 Å². The number of aliphatic hydroxyl groups excluding tert-OH is 1. The summed E-state index contributed by atoms with van der Waals surface area (Å²) in [4.78, 5) is 2.06. The molecule has 1 heterocycles. The van der Waals surface area contributed by atoms with Gasteiger partial charge in [0.2, 0.25) is 5.13 Å². The van der Waals surface area contributed by atoms with Crippen molar-refractivity contribution in [1.29, 1.82) is 0 Å². The monoisotopic (exact) mass is 335 g/mol. The van der Waals surface area contributed by atoms with E-state index in [0.29, 0.717) is 17.9 Å². The summed E-state index contributed by atoms with van der Waals surface area (Å²) in [5.74, 6) is 0.0931. The molecule has 1 aliphatic carbocycles. The van der Waals surface area contributed by atoms with E-state index in [9.17, 15) is 9.50 Å². The maximum absolute atomic E-state index is 13.7. The Morgan fingerprint density at radius 1 is 1.26 bits per heavy atom. The minimum absolute atomic E-state index is 0.206. The molecule has 1 aliphatic rings. The third-order valence-corrected chi connectivity index (χ3v) is 5.50. The van der Waals surface area contributed by atoms with Gasteiger partial charge in [-0.1, -0.05) is 42.4 Å². The molecule has 23 heavy (non-hydrogen) atoms. The van der Waals surface area contributed by atoms with Crippen molar-refractivity contribution in [2.24, 2.45) is 5.92 Å².